The van der Waals surface area contributed by atoms with Crippen LogP contribution < -0.4 is 10.2 Å². The van der Waals surface area contributed by atoms with E-state index in [1.807, 2.05) is 19.1 Å². The molecule has 0 bridgehead atoms. The van der Waals surface area contributed by atoms with Crippen LogP contribution in [-0.4, -0.2) is 18.4 Å². The van der Waals surface area contributed by atoms with Crippen LogP contribution in [0.5, 0.6) is 0 Å². The zero-order chi connectivity index (χ0) is 16.6. The van der Waals surface area contributed by atoms with Gasteiger partial charge in [-0.2, -0.15) is 0 Å². The van der Waals surface area contributed by atoms with Crippen molar-refractivity contribution in [1.82, 2.24) is 0 Å². The predicted octanol–water partition coefficient (Wildman–Crippen LogP) is 4.15. The average Bonchev–Trinajstić information content (AvgIpc) is 2.84. The predicted molar refractivity (Wildman–Crippen MR) is 92.6 cm³/mol. The molecule has 2 amide bonds. The summed E-state index contributed by atoms with van der Waals surface area (Å²) in [5.41, 5.74) is 2.89. The maximum atomic E-state index is 12.3. The zero-order valence-corrected chi connectivity index (χ0v) is 13.9. The van der Waals surface area contributed by atoms with Crippen LogP contribution in [0.3, 0.4) is 0 Å². The van der Waals surface area contributed by atoms with Crippen LogP contribution in [0.4, 0.5) is 11.4 Å². The molecule has 6 heteroatoms. The molecular weight excluding hydrogens is 335 g/mol. The Bertz CT molecular complexity index is 805. The van der Waals surface area contributed by atoms with Crippen LogP contribution in [0, 0.1) is 0 Å². The number of carbonyl (C=O) groups is 2. The molecule has 0 fully saturated rings. The summed E-state index contributed by atoms with van der Waals surface area (Å²) in [5, 5.41) is 3.54. The van der Waals surface area contributed by atoms with Crippen LogP contribution in [0.1, 0.15) is 22.8 Å². The maximum Gasteiger partial charge on any atom is 0.255 e. The molecule has 2 aromatic carbocycles. The molecule has 0 atom stereocenters. The molecule has 0 unspecified atom stereocenters. The molecule has 1 aliphatic heterocycles. The van der Waals surface area contributed by atoms with Crippen molar-refractivity contribution in [2.45, 2.75) is 13.3 Å². The number of nitrogens with zero attached hydrogens (tertiary/aromatic N) is 1. The molecule has 0 saturated heterocycles. The van der Waals surface area contributed by atoms with Crippen molar-refractivity contribution in [2.24, 2.45) is 0 Å². The summed E-state index contributed by atoms with van der Waals surface area (Å²) in [6.45, 7) is 2.58. The number of anilines is 2. The molecule has 3 rings (SSSR count). The molecule has 4 nitrogen and oxygen atoms in total. The minimum absolute atomic E-state index is 0.0791. The van der Waals surface area contributed by atoms with E-state index in [-0.39, 0.29) is 11.8 Å². The molecule has 1 heterocycles. The Labute approximate surface area is 144 Å². The number of likely N-dealkylation sites (N-methyl/N-ethyl adjacent to an activating group) is 1. The van der Waals surface area contributed by atoms with Gasteiger partial charge in [0.1, 0.15) is 0 Å². The van der Waals surface area contributed by atoms with E-state index < -0.39 is 0 Å². The lowest BCUT2D eigenvalue weighted by atomic mass is 10.1. The fourth-order valence-electron chi connectivity index (χ4n) is 2.65. The second-order valence-electron chi connectivity index (χ2n) is 5.24. The second kappa shape index (κ2) is 6.22. The Kier molecular flexibility index (Phi) is 4.28. The van der Waals surface area contributed by atoms with E-state index in [0.29, 0.717) is 34.3 Å². The van der Waals surface area contributed by atoms with Gasteiger partial charge in [-0.05, 0) is 48.9 Å². The Balaban J connectivity index is 1.81. The van der Waals surface area contributed by atoms with Crippen molar-refractivity contribution in [3.63, 3.8) is 0 Å². The lowest BCUT2D eigenvalue weighted by molar-refractivity contribution is -0.117. The highest BCUT2D eigenvalue weighted by molar-refractivity contribution is 6.42. The standard InChI is InChI=1S/C17H14Cl2N2O2/c1-2-21-15-6-4-12(7-11(15)9-16(21)22)20-17(23)10-3-5-13(18)14(19)8-10/h3-8H,2,9H2,1H3,(H,20,23). The third-order valence-corrected chi connectivity index (χ3v) is 4.51. The summed E-state index contributed by atoms with van der Waals surface area (Å²) >= 11 is 11.8. The summed E-state index contributed by atoms with van der Waals surface area (Å²) in [6.07, 6.45) is 0.361. The number of carbonyl (C=O) groups excluding carboxylic acids is 2. The van der Waals surface area contributed by atoms with Crippen LogP contribution in [-0.2, 0) is 11.2 Å². The van der Waals surface area contributed by atoms with Crippen LogP contribution >= 0.6 is 23.2 Å². The third-order valence-electron chi connectivity index (χ3n) is 3.77. The molecule has 1 aliphatic rings. The zero-order valence-electron chi connectivity index (χ0n) is 12.4. The summed E-state index contributed by atoms with van der Waals surface area (Å²) in [6, 6.07) is 10.2. The van der Waals surface area contributed by atoms with Crippen molar-refractivity contribution < 1.29 is 9.59 Å². The van der Waals surface area contributed by atoms with E-state index in [9.17, 15) is 9.59 Å². The number of nitrogens with one attached hydrogen (secondary N) is 1. The Hall–Kier alpha value is -2.04. The van der Waals surface area contributed by atoms with E-state index in [1.165, 1.54) is 6.07 Å². The second-order valence-corrected chi connectivity index (χ2v) is 6.06. The molecular formula is C17H14Cl2N2O2. The van der Waals surface area contributed by atoms with Gasteiger partial charge in [0, 0.05) is 23.5 Å². The van der Waals surface area contributed by atoms with Crippen LogP contribution in [0.15, 0.2) is 36.4 Å². The number of rotatable bonds is 3. The minimum Gasteiger partial charge on any atom is -0.322 e. The van der Waals surface area contributed by atoms with Gasteiger partial charge in [0.25, 0.3) is 5.91 Å². The number of fused-ring (bicyclic) bond motifs is 1. The molecule has 0 saturated carbocycles. The fraction of sp³-hybridized carbons (Fsp3) is 0.176. The van der Waals surface area contributed by atoms with Crippen molar-refractivity contribution in [2.75, 3.05) is 16.8 Å². The third kappa shape index (κ3) is 3.05. The number of halogens is 2. The van der Waals surface area contributed by atoms with Gasteiger partial charge in [0.2, 0.25) is 5.91 Å². The highest BCUT2D eigenvalue weighted by atomic mass is 35.5. The summed E-state index contributed by atoms with van der Waals surface area (Å²) in [5.74, 6) is -0.198. The molecule has 2 aromatic rings. The Morgan fingerprint density at radius 3 is 2.65 bits per heavy atom. The van der Waals surface area contributed by atoms with E-state index in [4.69, 9.17) is 23.2 Å². The van der Waals surface area contributed by atoms with Gasteiger partial charge in [-0.15, -0.1) is 0 Å². The van der Waals surface area contributed by atoms with Gasteiger partial charge < -0.3 is 10.2 Å². The number of hydrogen-bond donors (Lipinski definition) is 1. The summed E-state index contributed by atoms with van der Waals surface area (Å²) in [4.78, 5) is 25.9. The van der Waals surface area contributed by atoms with Crippen molar-refractivity contribution in [3.8, 4) is 0 Å². The summed E-state index contributed by atoms with van der Waals surface area (Å²) < 4.78 is 0. The van der Waals surface area contributed by atoms with Gasteiger partial charge in [0.05, 0.1) is 16.5 Å². The monoisotopic (exact) mass is 348 g/mol. The normalized spacial score (nSPS) is 13.2. The lowest BCUT2D eigenvalue weighted by Crippen LogP contribution is -2.25. The SMILES string of the molecule is CCN1C(=O)Cc2cc(NC(=O)c3ccc(Cl)c(Cl)c3)ccc21. The first-order chi connectivity index (χ1) is 11.0. The maximum absolute atomic E-state index is 12.3. The molecule has 0 radical (unpaired) electrons. The first-order valence-corrected chi connectivity index (χ1v) is 7.95. The first-order valence-electron chi connectivity index (χ1n) is 7.19. The molecule has 1 N–H and O–H groups in total. The lowest BCUT2D eigenvalue weighted by Gasteiger charge is -2.15. The van der Waals surface area contributed by atoms with Gasteiger partial charge >= 0.3 is 0 Å². The van der Waals surface area contributed by atoms with Gasteiger partial charge in [-0.25, -0.2) is 0 Å². The van der Waals surface area contributed by atoms with Gasteiger partial charge in [-0.3, -0.25) is 9.59 Å². The minimum atomic E-state index is -0.278. The molecule has 0 aliphatic carbocycles. The highest BCUT2D eigenvalue weighted by Gasteiger charge is 2.26. The van der Waals surface area contributed by atoms with E-state index in [1.54, 1.807) is 23.1 Å². The molecule has 118 valence electrons. The van der Waals surface area contributed by atoms with Crippen molar-refractivity contribution in [3.05, 3.63) is 57.6 Å². The Morgan fingerprint density at radius 1 is 1.17 bits per heavy atom. The first kappa shape index (κ1) is 15.8. The van der Waals surface area contributed by atoms with E-state index in [0.717, 1.165) is 11.3 Å². The average molecular weight is 349 g/mol. The Morgan fingerprint density at radius 2 is 1.96 bits per heavy atom. The molecule has 0 aromatic heterocycles. The van der Waals surface area contributed by atoms with Crippen molar-refractivity contribution in [1.29, 1.82) is 0 Å². The number of benzene rings is 2. The van der Waals surface area contributed by atoms with Crippen LogP contribution in [0.25, 0.3) is 0 Å². The number of hydrogen-bond acceptors (Lipinski definition) is 2. The smallest absolute Gasteiger partial charge is 0.255 e. The highest BCUT2D eigenvalue weighted by Crippen LogP contribution is 2.31. The van der Waals surface area contributed by atoms with Gasteiger partial charge in [0.15, 0.2) is 0 Å². The number of amides is 2. The quantitative estimate of drug-likeness (QED) is 0.905. The van der Waals surface area contributed by atoms with E-state index in [2.05, 4.69) is 5.32 Å². The topological polar surface area (TPSA) is 49.4 Å². The molecule has 23 heavy (non-hydrogen) atoms. The van der Waals surface area contributed by atoms with Gasteiger partial charge in [-0.1, -0.05) is 23.2 Å². The van der Waals surface area contributed by atoms with Crippen molar-refractivity contribution >= 4 is 46.4 Å². The van der Waals surface area contributed by atoms with Crippen LogP contribution in [0.2, 0.25) is 10.0 Å². The molecule has 0 spiro atoms. The van der Waals surface area contributed by atoms with E-state index >= 15 is 0 Å². The fourth-order valence-corrected chi connectivity index (χ4v) is 2.95. The summed E-state index contributed by atoms with van der Waals surface area (Å²) in [7, 11) is 0. The largest absolute Gasteiger partial charge is 0.322 e.